The lowest BCUT2D eigenvalue weighted by Gasteiger charge is -2.22. The highest BCUT2D eigenvalue weighted by atomic mass is 79.9. The Morgan fingerprint density at radius 3 is 2.68 bits per heavy atom. The van der Waals surface area contributed by atoms with E-state index in [0.717, 1.165) is 16.5 Å². The Balaban J connectivity index is 3.03. The average molecular weight is 349 g/mol. The summed E-state index contributed by atoms with van der Waals surface area (Å²) in [7, 11) is 0. The Kier molecular flexibility index (Phi) is 6.83. The molecule has 0 aromatic heterocycles. The average Bonchev–Trinajstić information content (AvgIpc) is 2.36. The zero-order valence-corrected chi connectivity index (χ0v) is 13.7. The molecule has 0 heterocycles. The molecule has 1 aromatic rings. The highest BCUT2D eigenvalue weighted by Gasteiger charge is 2.25. The molecule has 1 rings (SSSR count). The summed E-state index contributed by atoms with van der Waals surface area (Å²) < 4.78 is 5.93. The maximum absolute atomic E-state index is 12.1. The van der Waals surface area contributed by atoms with Gasteiger partial charge in [-0.05, 0) is 38.0 Å². The largest absolute Gasteiger partial charge is 0.465 e. The molecule has 3 nitrogen and oxygen atoms in total. The van der Waals surface area contributed by atoms with E-state index in [1.165, 1.54) is 0 Å². The third-order valence-electron chi connectivity index (χ3n) is 2.86. The molecule has 0 saturated carbocycles. The van der Waals surface area contributed by atoms with E-state index in [2.05, 4.69) is 28.2 Å². The topological polar surface area (TPSA) is 38.3 Å². The molecule has 0 aliphatic rings. The maximum atomic E-state index is 12.1. The van der Waals surface area contributed by atoms with Crippen LogP contribution in [0, 0.1) is 0 Å². The number of hydrogen-bond acceptors (Lipinski definition) is 3. The van der Waals surface area contributed by atoms with E-state index < -0.39 is 6.04 Å². The van der Waals surface area contributed by atoms with Crippen LogP contribution in [0.3, 0.4) is 0 Å². The number of rotatable bonds is 6. The molecule has 1 N–H and O–H groups in total. The zero-order valence-electron chi connectivity index (χ0n) is 11.4. The van der Waals surface area contributed by atoms with Crippen LogP contribution in [0.5, 0.6) is 0 Å². The van der Waals surface area contributed by atoms with Crippen molar-refractivity contribution in [1.82, 2.24) is 5.32 Å². The van der Waals surface area contributed by atoms with E-state index in [4.69, 9.17) is 16.3 Å². The summed E-state index contributed by atoms with van der Waals surface area (Å²) in [5.41, 5.74) is 0.836. The minimum atomic E-state index is -0.485. The molecule has 0 fully saturated rings. The summed E-state index contributed by atoms with van der Waals surface area (Å²) in [6.45, 7) is 6.27. The van der Waals surface area contributed by atoms with Gasteiger partial charge in [-0.3, -0.25) is 5.32 Å². The highest BCUT2D eigenvalue weighted by Crippen LogP contribution is 2.28. The Morgan fingerprint density at radius 1 is 1.47 bits per heavy atom. The van der Waals surface area contributed by atoms with Crippen LogP contribution in [0.25, 0.3) is 0 Å². The second-order valence-corrected chi connectivity index (χ2v) is 5.62. The summed E-state index contributed by atoms with van der Waals surface area (Å²) in [5.74, 6) is -0.272. The van der Waals surface area contributed by atoms with Crippen molar-refractivity contribution in [2.75, 3.05) is 6.61 Å². The van der Waals surface area contributed by atoms with Crippen molar-refractivity contribution in [2.24, 2.45) is 0 Å². The van der Waals surface area contributed by atoms with Crippen LogP contribution in [-0.2, 0) is 9.53 Å². The lowest BCUT2D eigenvalue weighted by atomic mass is 10.1. The molecular weight excluding hydrogens is 330 g/mol. The second kappa shape index (κ2) is 7.88. The van der Waals surface area contributed by atoms with Crippen molar-refractivity contribution in [3.63, 3.8) is 0 Å². The van der Waals surface area contributed by atoms with Crippen molar-refractivity contribution >= 4 is 33.5 Å². The van der Waals surface area contributed by atoms with Gasteiger partial charge in [0.05, 0.1) is 6.61 Å². The minimum Gasteiger partial charge on any atom is -0.465 e. The molecule has 2 atom stereocenters. The van der Waals surface area contributed by atoms with Gasteiger partial charge in [0.25, 0.3) is 0 Å². The molecule has 1 aromatic carbocycles. The van der Waals surface area contributed by atoms with Gasteiger partial charge in [-0.2, -0.15) is 0 Å². The number of benzene rings is 1. The lowest BCUT2D eigenvalue weighted by Crippen LogP contribution is -2.36. The van der Waals surface area contributed by atoms with Crippen LogP contribution < -0.4 is 5.32 Å². The van der Waals surface area contributed by atoms with Crippen molar-refractivity contribution in [3.05, 3.63) is 33.3 Å². The van der Waals surface area contributed by atoms with Crippen molar-refractivity contribution in [1.29, 1.82) is 0 Å². The molecule has 0 aliphatic heterocycles. The Hall–Kier alpha value is -0.580. The fourth-order valence-electron chi connectivity index (χ4n) is 1.65. The standard InChI is InChI=1S/C14H19BrClNO2/c1-4-9(3)17-13(14(18)19-5-2)11-7-6-10(16)8-12(11)15/h6-9,13,17H,4-5H2,1-3H3. The molecule has 0 saturated heterocycles. The van der Waals surface area contributed by atoms with Gasteiger partial charge in [0.2, 0.25) is 0 Å². The van der Waals surface area contributed by atoms with Crippen LogP contribution in [0.1, 0.15) is 38.8 Å². The van der Waals surface area contributed by atoms with E-state index >= 15 is 0 Å². The maximum Gasteiger partial charge on any atom is 0.327 e. The van der Waals surface area contributed by atoms with Crippen molar-refractivity contribution in [2.45, 2.75) is 39.3 Å². The molecule has 19 heavy (non-hydrogen) atoms. The third-order valence-corrected chi connectivity index (χ3v) is 3.78. The van der Waals surface area contributed by atoms with Crippen LogP contribution in [-0.4, -0.2) is 18.6 Å². The predicted octanol–water partition coefficient (Wildman–Crippen LogP) is 4.09. The number of nitrogens with one attached hydrogen (secondary N) is 1. The van der Waals surface area contributed by atoms with E-state index in [0.29, 0.717) is 11.6 Å². The van der Waals surface area contributed by atoms with Gasteiger partial charge in [-0.1, -0.05) is 40.5 Å². The second-order valence-electron chi connectivity index (χ2n) is 4.33. The van der Waals surface area contributed by atoms with E-state index in [1.807, 2.05) is 13.0 Å². The number of esters is 1. The van der Waals surface area contributed by atoms with Gasteiger partial charge in [0.15, 0.2) is 0 Å². The van der Waals surface area contributed by atoms with E-state index in [-0.39, 0.29) is 12.0 Å². The first kappa shape index (κ1) is 16.5. The van der Waals surface area contributed by atoms with Gasteiger partial charge >= 0.3 is 5.97 Å². The third kappa shape index (κ3) is 4.79. The molecule has 0 radical (unpaired) electrons. The predicted molar refractivity (Wildman–Crippen MR) is 81.4 cm³/mol. The first-order valence-electron chi connectivity index (χ1n) is 6.37. The van der Waals surface area contributed by atoms with Gasteiger partial charge in [-0.15, -0.1) is 0 Å². The van der Waals surface area contributed by atoms with E-state index in [1.54, 1.807) is 19.1 Å². The lowest BCUT2D eigenvalue weighted by molar-refractivity contribution is -0.146. The summed E-state index contributed by atoms with van der Waals surface area (Å²) in [5, 5.41) is 3.91. The summed E-state index contributed by atoms with van der Waals surface area (Å²) in [6.07, 6.45) is 0.932. The van der Waals surface area contributed by atoms with Gasteiger partial charge in [0, 0.05) is 15.5 Å². The SMILES string of the molecule is CCOC(=O)C(NC(C)CC)c1ccc(Cl)cc1Br. The Morgan fingerprint density at radius 2 is 2.16 bits per heavy atom. The van der Waals surface area contributed by atoms with Crippen LogP contribution in [0.4, 0.5) is 0 Å². The normalized spacial score (nSPS) is 13.9. The number of hydrogen-bond donors (Lipinski definition) is 1. The van der Waals surface area contributed by atoms with Crippen LogP contribution in [0.2, 0.25) is 5.02 Å². The highest BCUT2D eigenvalue weighted by molar-refractivity contribution is 9.10. The quantitative estimate of drug-likeness (QED) is 0.787. The summed E-state index contributed by atoms with van der Waals surface area (Å²) in [6, 6.07) is 5.12. The number of halogens is 2. The van der Waals surface area contributed by atoms with Gasteiger partial charge in [0.1, 0.15) is 6.04 Å². The van der Waals surface area contributed by atoms with Crippen LogP contribution in [0.15, 0.2) is 22.7 Å². The number of carbonyl (C=O) groups is 1. The molecule has 0 spiro atoms. The summed E-state index contributed by atoms with van der Waals surface area (Å²) >= 11 is 9.38. The van der Waals surface area contributed by atoms with Gasteiger partial charge in [-0.25, -0.2) is 4.79 Å². The first-order chi connectivity index (χ1) is 8.99. The summed E-state index contributed by atoms with van der Waals surface area (Å²) in [4.78, 5) is 12.1. The Labute approximate surface area is 127 Å². The van der Waals surface area contributed by atoms with Crippen molar-refractivity contribution in [3.8, 4) is 0 Å². The molecule has 0 amide bonds. The molecule has 0 aliphatic carbocycles. The molecule has 106 valence electrons. The minimum absolute atomic E-state index is 0.219. The molecule has 2 unspecified atom stereocenters. The zero-order chi connectivity index (χ0) is 14.4. The monoisotopic (exact) mass is 347 g/mol. The fourth-order valence-corrected chi connectivity index (χ4v) is 2.56. The van der Waals surface area contributed by atoms with E-state index in [9.17, 15) is 4.79 Å². The number of ether oxygens (including phenoxy) is 1. The first-order valence-corrected chi connectivity index (χ1v) is 7.54. The molecule has 5 heteroatoms. The number of carbonyl (C=O) groups excluding carboxylic acids is 1. The fraction of sp³-hybridized carbons (Fsp3) is 0.500. The van der Waals surface area contributed by atoms with Crippen LogP contribution >= 0.6 is 27.5 Å². The van der Waals surface area contributed by atoms with Crippen molar-refractivity contribution < 1.29 is 9.53 Å². The molecule has 0 bridgehead atoms. The Bertz CT molecular complexity index is 439. The molecular formula is C14H19BrClNO2. The smallest absolute Gasteiger partial charge is 0.327 e. The van der Waals surface area contributed by atoms with Gasteiger partial charge < -0.3 is 4.74 Å².